The number of nitrogens with one attached hydrogen (secondary N) is 1. The van der Waals surface area contributed by atoms with E-state index >= 15 is 0 Å². The number of hydrogen-bond acceptors (Lipinski definition) is 4. The molecule has 88 valence electrons. The Morgan fingerprint density at radius 2 is 1.76 bits per heavy atom. The number of benzene rings is 1. The molecule has 2 rings (SSSR count). The molecule has 2 aromatic rings. The monoisotopic (exact) mass is 250 g/mol. The Hall–Kier alpha value is -1.95. The number of rotatable bonds is 2. The first-order chi connectivity index (χ1) is 7.97. The van der Waals surface area contributed by atoms with E-state index in [4.69, 9.17) is 0 Å². The molecule has 0 radical (unpaired) electrons. The van der Waals surface area contributed by atoms with Crippen LogP contribution in [0, 0.1) is 0 Å². The van der Waals surface area contributed by atoms with E-state index in [0.29, 0.717) is 0 Å². The topological polar surface area (TPSA) is 79.9 Å². The van der Waals surface area contributed by atoms with Crippen LogP contribution in [0.15, 0.2) is 46.3 Å². The second-order valence-electron chi connectivity index (χ2n) is 3.60. The Labute approximate surface area is 98.1 Å². The number of aromatic amines is 1. The van der Waals surface area contributed by atoms with Crippen LogP contribution in [-0.2, 0) is 9.84 Å². The lowest BCUT2D eigenvalue weighted by molar-refractivity contribution is 0.602. The summed E-state index contributed by atoms with van der Waals surface area (Å²) in [5.74, 6) is 0. The molecular formula is C11H10N2O3S. The number of aromatic nitrogens is 2. The maximum absolute atomic E-state index is 11.3. The van der Waals surface area contributed by atoms with Crippen molar-refractivity contribution in [2.24, 2.45) is 0 Å². The molecule has 0 amide bonds. The predicted octanol–water partition coefficient (Wildman–Crippen LogP) is 0.840. The number of nitrogens with zero attached hydrogens (tertiary/aromatic N) is 1. The van der Waals surface area contributed by atoms with Crippen molar-refractivity contribution in [1.82, 2.24) is 9.97 Å². The molecule has 0 bridgehead atoms. The van der Waals surface area contributed by atoms with Crippen molar-refractivity contribution in [2.75, 3.05) is 6.26 Å². The van der Waals surface area contributed by atoms with Gasteiger partial charge >= 0.3 is 5.69 Å². The van der Waals surface area contributed by atoms with Crippen molar-refractivity contribution in [3.63, 3.8) is 0 Å². The molecule has 6 heteroatoms. The second kappa shape index (κ2) is 4.14. The Balaban J connectivity index is 2.42. The van der Waals surface area contributed by atoms with Crippen LogP contribution in [0.4, 0.5) is 0 Å². The van der Waals surface area contributed by atoms with Gasteiger partial charge in [0.05, 0.1) is 4.90 Å². The summed E-state index contributed by atoms with van der Waals surface area (Å²) < 4.78 is 22.5. The van der Waals surface area contributed by atoms with Crippen molar-refractivity contribution < 1.29 is 8.42 Å². The molecule has 0 spiro atoms. The average Bonchev–Trinajstić information content (AvgIpc) is 2.29. The fourth-order valence-corrected chi connectivity index (χ4v) is 2.03. The Morgan fingerprint density at radius 3 is 2.24 bits per heavy atom. The summed E-state index contributed by atoms with van der Waals surface area (Å²) in [6.45, 7) is 0. The molecule has 0 atom stereocenters. The van der Waals surface area contributed by atoms with Gasteiger partial charge in [0.15, 0.2) is 9.84 Å². The average molecular weight is 250 g/mol. The van der Waals surface area contributed by atoms with Gasteiger partial charge in [0, 0.05) is 24.2 Å². The third-order valence-electron chi connectivity index (χ3n) is 2.29. The normalized spacial score (nSPS) is 11.4. The molecule has 0 fully saturated rings. The summed E-state index contributed by atoms with van der Waals surface area (Å²) in [6.07, 6.45) is 4.13. The molecular weight excluding hydrogens is 240 g/mol. The molecule has 5 nitrogen and oxygen atoms in total. The van der Waals surface area contributed by atoms with Gasteiger partial charge in [-0.05, 0) is 17.7 Å². The van der Waals surface area contributed by atoms with Gasteiger partial charge in [0.25, 0.3) is 0 Å². The number of H-pyrrole nitrogens is 1. The van der Waals surface area contributed by atoms with Gasteiger partial charge in [0.2, 0.25) is 0 Å². The zero-order chi connectivity index (χ0) is 12.5. The van der Waals surface area contributed by atoms with Crippen LogP contribution < -0.4 is 5.69 Å². The van der Waals surface area contributed by atoms with E-state index in [-0.39, 0.29) is 4.90 Å². The van der Waals surface area contributed by atoms with Crippen LogP contribution in [0.1, 0.15) is 0 Å². The fraction of sp³-hybridized carbons (Fsp3) is 0.0909. The minimum Gasteiger partial charge on any atom is -0.312 e. The molecule has 1 N–H and O–H groups in total. The summed E-state index contributed by atoms with van der Waals surface area (Å²) in [7, 11) is -3.18. The van der Waals surface area contributed by atoms with E-state index in [1.165, 1.54) is 24.5 Å². The van der Waals surface area contributed by atoms with Gasteiger partial charge in [-0.25, -0.2) is 18.2 Å². The smallest absolute Gasteiger partial charge is 0.312 e. The van der Waals surface area contributed by atoms with Crippen LogP contribution in [0.25, 0.3) is 11.1 Å². The van der Waals surface area contributed by atoms with Crippen LogP contribution in [0.5, 0.6) is 0 Å². The minimum absolute atomic E-state index is 0.263. The summed E-state index contributed by atoms with van der Waals surface area (Å²) in [5, 5.41) is 0. The molecule has 0 saturated heterocycles. The highest BCUT2D eigenvalue weighted by molar-refractivity contribution is 7.90. The van der Waals surface area contributed by atoms with Gasteiger partial charge < -0.3 is 4.98 Å². The van der Waals surface area contributed by atoms with Gasteiger partial charge in [0.1, 0.15) is 0 Å². The molecule has 0 unspecified atom stereocenters. The summed E-state index contributed by atoms with van der Waals surface area (Å²) >= 11 is 0. The zero-order valence-corrected chi connectivity index (χ0v) is 9.86. The first kappa shape index (κ1) is 11.5. The SMILES string of the molecule is CS(=O)(=O)c1ccc(-c2cnc(=O)[nH]c2)cc1. The maximum atomic E-state index is 11.3. The predicted molar refractivity (Wildman–Crippen MR) is 63.4 cm³/mol. The Morgan fingerprint density at radius 1 is 1.12 bits per heavy atom. The third-order valence-corrected chi connectivity index (χ3v) is 3.42. The van der Waals surface area contributed by atoms with Crippen molar-refractivity contribution in [3.05, 3.63) is 47.1 Å². The van der Waals surface area contributed by atoms with E-state index in [0.717, 1.165) is 17.4 Å². The van der Waals surface area contributed by atoms with Crippen molar-refractivity contribution in [1.29, 1.82) is 0 Å². The summed E-state index contributed by atoms with van der Waals surface area (Å²) in [5.41, 5.74) is 1.10. The first-order valence-electron chi connectivity index (χ1n) is 4.82. The number of sulfone groups is 1. The van der Waals surface area contributed by atoms with Gasteiger partial charge in [-0.2, -0.15) is 0 Å². The minimum atomic E-state index is -3.18. The van der Waals surface area contributed by atoms with Gasteiger partial charge in [-0.15, -0.1) is 0 Å². The molecule has 1 aromatic carbocycles. The number of hydrogen-bond donors (Lipinski definition) is 1. The van der Waals surface area contributed by atoms with E-state index in [1.54, 1.807) is 12.1 Å². The molecule has 1 aromatic heterocycles. The summed E-state index contributed by atoms with van der Waals surface area (Å²) in [4.78, 5) is 17.1. The van der Waals surface area contributed by atoms with Crippen LogP contribution in [0.2, 0.25) is 0 Å². The zero-order valence-electron chi connectivity index (χ0n) is 9.04. The standard InChI is InChI=1S/C11H10N2O3S/c1-17(15,16)10-4-2-8(3-5-10)9-6-12-11(14)13-7-9/h2-7H,1H3,(H,12,13,14). The highest BCUT2D eigenvalue weighted by Gasteiger charge is 2.06. The highest BCUT2D eigenvalue weighted by Crippen LogP contribution is 2.19. The lowest BCUT2D eigenvalue weighted by Crippen LogP contribution is -2.07. The summed E-state index contributed by atoms with van der Waals surface area (Å²) in [6, 6.07) is 6.39. The van der Waals surface area contributed by atoms with E-state index in [9.17, 15) is 13.2 Å². The first-order valence-corrected chi connectivity index (χ1v) is 6.71. The maximum Gasteiger partial charge on any atom is 0.344 e. The Kier molecular flexibility index (Phi) is 2.81. The lowest BCUT2D eigenvalue weighted by atomic mass is 10.1. The van der Waals surface area contributed by atoms with E-state index in [1.807, 2.05) is 0 Å². The van der Waals surface area contributed by atoms with Crippen LogP contribution in [-0.4, -0.2) is 24.6 Å². The molecule has 1 heterocycles. The fourth-order valence-electron chi connectivity index (χ4n) is 1.39. The lowest BCUT2D eigenvalue weighted by Gasteiger charge is -2.02. The Bertz CT molecular complexity index is 667. The van der Waals surface area contributed by atoms with Crippen molar-refractivity contribution in [3.8, 4) is 11.1 Å². The van der Waals surface area contributed by atoms with E-state index < -0.39 is 15.5 Å². The quantitative estimate of drug-likeness (QED) is 0.856. The van der Waals surface area contributed by atoms with Crippen molar-refractivity contribution >= 4 is 9.84 Å². The van der Waals surface area contributed by atoms with Gasteiger partial charge in [-0.1, -0.05) is 12.1 Å². The largest absolute Gasteiger partial charge is 0.344 e. The molecule has 0 aliphatic rings. The molecule has 0 saturated carbocycles. The molecule has 17 heavy (non-hydrogen) atoms. The molecule has 0 aliphatic heterocycles. The van der Waals surface area contributed by atoms with E-state index in [2.05, 4.69) is 9.97 Å². The third kappa shape index (κ3) is 2.59. The van der Waals surface area contributed by atoms with Gasteiger partial charge in [-0.3, -0.25) is 0 Å². The second-order valence-corrected chi connectivity index (χ2v) is 5.62. The molecule has 0 aliphatic carbocycles. The van der Waals surface area contributed by atoms with Crippen LogP contribution in [0.3, 0.4) is 0 Å². The van der Waals surface area contributed by atoms with Crippen molar-refractivity contribution in [2.45, 2.75) is 4.90 Å². The highest BCUT2D eigenvalue weighted by atomic mass is 32.2. The van der Waals surface area contributed by atoms with Crippen LogP contribution >= 0.6 is 0 Å².